The van der Waals surface area contributed by atoms with Crippen molar-refractivity contribution in [2.24, 2.45) is 0 Å². The van der Waals surface area contributed by atoms with Crippen LogP contribution >= 0.6 is 11.6 Å². The van der Waals surface area contributed by atoms with Gasteiger partial charge >= 0.3 is 0 Å². The van der Waals surface area contributed by atoms with Gasteiger partial charge in [0, 0.05) is 16.3 Å². The molecule has 1 unspecified atom stereocenters. The van der Waals surface area contributed by atoms with Gasteiger partial charge in [0.15, 0.2) is 22.7 Å². The first-order chi connectivity index (χ1) is 18.8. The van der Waals surface area contributed by atoms with Crippen LogP contribution in [0.4, 0.5) is 5.69 Å². The molecule has 1 amide bonds. The molecule has 1 aliphatic heterocycles. The first-order valence-corrected chi connectivity index (χ1v) is 13.3. The van der Waals surface area contributed by atoms with Crippen molar-refractivity contribution in [3.63, 3.8) is 0 Å². The van der Waals surface area contributed by atoms with Crippen molar-refractivity contribution in [2.75, 3.05) is 18.1 Å². The van der Waals surface area contributed by atoms with E-state index in [0.29, 0.717) is 46.5 Å². The van der Waals surface area contributed by atoms with Crippen LogP contribution in [-0.4, -0.2) is 24.9 Å². The summed E-state index contributed by atoms with van der Waals surface area (Å²) in [5, 5.41) is 0.678. The molecule has 1 aliphatic rings. The highest BCUT2D eigenvalue weighted by molar-refractivity contribution is 6.31. The Morgan fingerprint density at radius 2 is 1.74 bits per heavy atom. The summed E-state index contributed by atoms with van der Waals surface area (Å²) >= 11 is 6.20. The summed E-state index contributed by atoms with van der Waals surface area (Å²) in [6.45, 7) is 6.41. The van der Waals surface area contributed by atoms with Crippen LogP contribution in [-0.2, 0) is 0 Å². The quantitative estimate of drug-likeness (QED) is 0.167. The largest absolute Gasteiger partial charge is 0.490 e. The molecule has 0 saturated carbocycles. The van der Waals surface area contributed by atoms with Gasteiger partial charge in [-0.05, 0) is 80.4 Å². The number of rotatable bonds is 9. The summed E-state index contributed by atoms with van der Waals surface area (Å²) in [6, 6.07) is 16.1. The van der Waals surface area contributed by atoms with Crippen LogP contribution in [0.15, 0.2) is 69.9 Å². The molecule has 1 aromatic heterocycles. The Kier molecular flexibility index (Phi) is 7.44. The van der Waals surface area contributed by atoms with E-state index < -0.39 is 11.9 Å². The topological polar surface area (TPSA) is 86.0 Å². The molecule has 200 valence electrons. The summed E-state index contributed by atoms with van der Waals surface area (Å²) in [5.41, 5.74) is 1.84. The molecule has 2 heterocycles. The predicted octanol–water partition coefficient (Wildman–Crippen LogP) is 6.98. The molecule has 4 aromatic rings. The van der Waals surface area contributed by atoms with E-state index in [4.69, 9.17) is 25.5 Å². The minimum absolute atomic E-state index is 0.0308. The average Bonchev–Trinajstić information content (AvgIpc) is 3.22. The molecule has 39 heavy (non-hydrogen) atoms. The van der Waals surface area contributed by atoms with Gasteiger partial charge in [-0.15, -0.1) is 0 Å². The van der Waals surface area contributed by atoms with Gasteiger partial charge in [0.05, 0.1) is 30.2 Å². The average molecular weight is 546 g/mol. The Morgan fingerprint density at radius 3 is 2.44 bits per heavy atom. The van der Waals surface area contributed by atoms with Crippen molar-refractivity contribution in [1.29, 1.82) is 0 Å². The Bertz CT molecular complexity index is 1630. The zero-order chi connectivity index (χ0) is 27.7. The zero-order valence-corrected chi connectivity index (χ0v) is 22.7. The number of Topliss-reactive ketones (excluding diaryl/α,β-unsaturated/α-hetero) is 1. The highest BCUT2D eigenvalue weighted by Gasteiger charge is 2.44. The maximum Gasteiger partial charge on any atom is 0.295 e. The van der Waals surface area contributed by atoms with E-state index in [1.807, 2.05) is 13.0 Å². The van der Waals surface area contributed by atoms with Crippen LogP contribution in [0.25, 0.3) is 11.0 Å². The number of hydrogen-bond acceptors (Lipinski definition) is 6. The molecule has 1 atom stereocenters. The first-order valence-electron chi connectivity index (χ1n) is 12.9. The van der Waals surface area contributed by atoms with E-state index in [1.54, 1.807) is 54.6 Å². The Hall–Kier alpha value is -4.10. The van der Waals surface area contributed by atoms with Gasteiger partial charge in [0.25, 0.3) is 5.91 Å². The lowest BCUT2D eigenvalue weighted by molar-refractivity contribution is 0.0970. The number of ether oxygens (including phenoxy) is 2. The van der Waals surface area contributed by atoms with Gasteiger partial charge in [-0.2, -0.15) is 0 Å². The zero-order valence-electron chi connectivity index (χ0n) is 22.0. The molecular weight excluding hydrogens is 518 g/mol. The highest BCUT2D eigenvalue weighted by atomic mass is 35.5. The van der Waals surface area contributed by atoms with Crippen molar-refractivity contribution in [3.05, 3.63) is 98.4 Å². The second kappa shape index (κ2) is 10.9. The summed E-state index contributed by atoms with van der Waals surface area (Å²) in [6.07, 6.45) is 1.90. The van der Waals surface area contributed by atoms with Gasteiger partial charge in [-0.1, -0.05) is 31.0 Å². The second-order valence-corrected chi connectivity index (χ2v) is 9.77. The number of halogens is 1. The minimum atomic E-state index is -0.806. The lowest BCUT2D eigenvalue weighted by atomic mass is 9.97. The molecule has 5 rings (SSSR count). The predicted molar refractivity (Wildman–Crippen MR) is 151 cm³/mol. The highest BCUT2D eigenvalue weighted by Crippen LogP contribution is 2.43. The summed E-state index contributed by atoms with van der Waals surface area (Å²) in [7, 11) is 0. The fourth-order valence-corrected chi connectivity index (χ4v) is 4.96. The lowest BCUT2D eigenvalue weighted by Gasteiger charge is -2.26. The van der Waals surface area contributed by atoms with Crippen LogP contribution in [0.2, 0.25) is 5.02 Å². The lowest BCUT2D eigenvalue weighted by Crippen LogP contribution is -2.29. The standard InChI is InChI=1S/C31H28ClNO6/c1-4-6-15-38-25-13-9-20(16-26(25)37-5-2)28-27-29(35)23-17-21(32)10-14-24(23)39-30(27)31(36)33(28)22-11-7-19(8-12-22)18(3)34/h7-14,16-17,28H,4-6,15H2,1-3H3. The van der Waals surface area contributed by atoms with Gasteiger partial charge in [0.1, 0.15) is 5.58 Å². The van der Waals surface area contributed by atoms with Gasteiger partial charge < -0.3 is 13.9 Å². The van der Waals surface area contributed by atoms with Crippen molar-refractivity contribution in [3.8, 4) is 11.5 Å². The van der Waals surface area contributed by atoms with Crippen LogP contribution in [0, 0.1) is 0 Å². The smallest absolute Gasteiger partial charge is 0.295 e. The molecule has 3 aromatic carbocycles. The van der Waals surface area contributed by atoms with E-state index in [2.05, 4.69) is 6.92 Å². The van der Waals surface area contributed by atoms with Crippen LogP contribution in [0.3, 0.4) is 0 Å². The van der Waals surface area contributed by atoms with E-state index in [9.17, 15) is 14.4 Å². The maximum absolute atomic E-state index is 13.9. The van der Waals surface area contributed by atoms with Crippen LogP contribution in [0.1, 0.15) is 71.7 Å². The van der Waals surface area contributed by atoms with Crippen LogP contribution in [0.5, 0.6) is 11.5 Å². The Morgan fingerprint density at radius 1 is 0.974 bits per heavy atom. The molecular formula is C31H28ClNO6. The minimum Gasteiger partial charge on any atom is -0.490 e. The fraction of sp³-hybridized carbons (Fsp3) is 0.258. The molecule has 0 fully saturated rings. The van der Waals surface area contributed by atoms with Gasteiger partial charge in [-0.25, -0.2) is 0 Å². The van der Waals surface area contributed by atoms with Crippen molar-refractivity contribution >= 4 is 39.9 Å². The fourth-order valence-electron chi connectivity index (χ4n) is 4.79. The van der Waals surface area contributed by atoms with E-state index in [-0.39, 0.29) is 33.5 Å². The molecule has 0 aliphatic carbocycles. The van der Waals surface area contributed by atoms with E-state index >= 15 is 0 Å². The number of amides is 1. The summed E-state index contributed by atoms with van der Waals surface area (Å²) in [4.78, 5) is 41.1. The summed E-state index contributed by atoms with van der Waals surface area (Å²) in [5.74, 6) is 0.534. The molecule has 7 nitrogen and oxygen atoms in total. The van der Waals surface area contributed by atoms with Crippen LogP contribution < -0.4 is 19.8 Å². The van der Waals surface area contributed by atoms with E-state index in [1.165, 1.54) is 11.8 Å². The maximum atomic E-state index is 13.9. The molecule has 0 bridgehead atoms. The van der Waals surface area contributed by atoms with Crippen molar-refractivity contribution < 1.29 is 23.5 Å². The third-order valence-electron chi connectivity index (χ3n) is 6.72. The molecule has 0 saturated heterocycles. The number of nitrogens with zero attached hydrogens (tertiary/aromatic N) is 1. The number of carbonyl (C=O) groups excluding carboxylic acids is 2. The third-order valence-corrected chi connectivity index (χ3v) is 6.96. The Labute approximate surface area is 230 Å². The van der Waals surface area contributed by atoms with Gasteiger partial charge in [0.2, 0.25) is 5.76 Å². The molecule has 0 N–H and O–H groups in total. The number of benzene rings is 3. The molecule has 0 radical (unpaired) electrons. The monoisotopic (exact) mass is 545 g/mol. The number of unbranched alkanes of at least 4 members (excludes halogenated alkanes) is 1. The Balaban J connectivity index is 1.71. The number of fused-ring (bicyclic) bond motifs is 2. The summed E-state index contributed by atoms with van der Waals surface area (Å²) < 4.78 is 17.9. The number of ketones is 1. The molecule has 0 spiro atoms. The normalized spacial score (nSPS) is 14.5. The molecule has 8 heteroatoms. The van der Waals surface area contributed by atoms with E-state index in [0.717, 1.165) is 12.8 Å². The van der Waals surface area contributed by atoms with Crippen molar-refractivity contribution in [1.82, 2.24) is 0 Å². The van der Waals surface area contributed by atoms with Crippen molar-refractivity contribution in [2.45, 2.75) is 39.7 Å². The second-order valence-electron chi connectivity index (χ2n) is 9.34. The SMILES string of the molecule is CCCCOc1ccc(C2c3c(oc4ccc(Cl)cc4c3=O)C(=O)N2c2ccc(C(C)=O)cc2)cc1OCC. The number of anilines is 1. The number of carbonyl (C=O) groups is 2. The van der Waals surface area contributed by atoms with Gasteiger partial charge in [-0.3, -0.25) is 19.3 Å². The first kappa shape index (κ1) is 26.5. The number of hydrogen-bond donors (Lipinski definition) is 0. The third kappa shape index (κ3) is 4.90.